The molecule has 1 amide bonds. The number of carboxylic acid groups (broad SMARTS) is 1. The normalized spacial score (nSPS) is 12.3. The minimum atomic E-state index is -4.44. The molecule has 0 spiro atoms. The van der Waals surface area contributed by atoms with E-state index in [2.05, 4.69) is 5.32 Å². The Morgan fingerprint density at radius 3 is 2.15 bits per heavy atom. The van der Waals surface area contributed by atoms with E-state index in [1.54, 1.807) is 48.0 Å². The number of nitrogens with one attached hydrogen (secondary N) is 1. The number of rotatable bonds is 7. The van der Waals surface area contributed by atoms with Crippen molar-refractivity contribution in [3.05, 3.63) is 131 Å². The first kappa shape index (κ1) is 27.6. The number of amides is 1. The fourth-order valence-corrected chi connectivity index (χ4v) is 4.73. The number of nitrogens with zero attached hydrogens (tertiary/aromatic N) is 1. The van der Waals surface area contributed by atoms with Crippen LogP contribution in [-0.4, -0.2) is 21.6 Å². The molecule has 5 nitrogen and oxygen atoms in total. The lowest BCUT2D eigenvalue weighted by Crippen LogP contribution is -2.27. The van der Waals surface area contributed by atoms with Crippen LogP contribution in [0, 0.1) is 5.82 Å². The Hall–Kier alpha value is -4.92. The SMILES string of the molecule is C[C@@H](NC(=O)c1cc(-c2ccc(F)cc2)cc2ccn(Cc3ccc(C(F)(F)F)cc3)c12)c1ccc(C(=O)O)cc1. The van der Waals surface area contributed by atoms with Crippen molar-refractivity contribution < 1.29 is 32.3 Å². The van der Waals surface area contributed by atoms with Crippen molar-refractivity contribution in [2.24, 2.45) is 0 Å². The molecule has 0 saturated carbocycles. The van der Waals surface area contributed by atoms with Crippen LogP contribution in [0.25, 0.3) is 22.0 Å². The van der Waals surface area contributed by atoms with Crippen molar-refractivity contribution in [1.29, 1.82) is 0 Å². The molecule has 1 atom stereocenters. The average Bonchev–Trinajstić information content (AvgIpc) is 3.35. The molecule has 5 rings (SSSR count). The number of alkyl halides is 3. The number of aromatic nitrogens is 1. The molecule has 4 aromatic carbocycles. The van der Waals surface area contributed by atoms with Gasteiger partial charge in [-0.25, -0.2) is 9.18 Å². The summed E-state index contributed by atoms with van der Waals surface area (Å²) in [7, 11) is 0. The summed E-state index contributed by atoms with van der Waals surface area (Å²) in [6.07, 6.45) is -2.67. The van der Waals surface area contributed by atoms with E-state index in [4.69, 9.17) is 5.11 Å². The molecule has 0 unspecified atom stereocenters. The Morgan fingerprint density at radius 2 is 1.54 bits per heavy atom. The molecule has 0 radical (unpaired) electrons. The van der Waals surface area contributed by atoms with Crippen molar-refractivity contribution >= 4 is 22.8 Å². The lowest BCUT2D eigenvalue weighted by atomic mass is 9.99. The molecule has 0 aliphatic rings. The van der Waals surface area contributed by atoms with Gasteiger partial charge in [0.1, 0.15) is 5.82 Å². The van der Waals surface area contributed by atoms with E-state index in [9.17, 15) is 27.2 Å². The molecule has 0 saturated heterocycles. The zero-order valence-electron chi connectivity index (χ0n) is 21.7. The molecule has 9 heteroatoms. The van der Waals surface area contributed by atoms with Crippen LogP contribution in [0.1, 0.15) is 50.4 Å². The maximum absolute atomic E-state index is 13.7. The van der Waals surface area contributed by atoms with Gasteiger partial charge in [0.25, 0.3) is 5.91 Å². The quantitative estimate of drug-likeness (QED) is 0.200. The highest BCUT2D eigenvalue weighted by molar-refractivity contribution is 6.08. The minimum absolute atomic E-state index is 0.127. The van der Waals surface area contributed by atoms with E-state index in [-0.39, 0.29) is 12.1 Å². The van der Waals surface area contributed by atoms with Crippen molar-refractivity contribution in [2.75, 3.05) is 0 Å². The lowest BCUT2D eigenvalue weighted by molar-refractivity contribution is -0.137. The van der Waals surface area contributed by atoms with Crippen molar-refractivity contribution in [3.8, 4) is 11.1 Å². The second-order valence-corrected chi connectivity index (χ2v) is 9.73. The van der Waals surface area contributed by atoms with Gasteiger partial charge in [-0.15, -0.1) is 0 Å². The molecular weight excluding hydrogens is 536 g/mol. The molecule has 208 valence electrons. The van der Waals surface area contributed by atoms with Crippen LogP contribution >= 0.6 is 0 Å². The van der Waals surface area contributed by atoms with Crippen molar-refractivity contribution in [2.45, 2.75) is 25.7 Å². The van der Waals surface area contributed by atoms with Gasteiger partial charge in [-0.2, -0.15) is 13.2 Å². The maximum Gasteiger partial charge on any atom is 0.416 e. The fraction of sp³-hybridized carbons (Fsp3) is 0.125. The fourth-order valence-electron chi connectivity index (χ4n) is 4.73. The van der Waals surface area contributed by atoms with Crippen LogP contribution in [0.15, 0.2) is 97.2 Å². The number of carbonyl (C=O) groups is 2. The Bertz CT molecular complexity index is 1720. The first-order chi connectivity index (χ1) is 19.5. The Kier molecular flexibility index (Phi) is 7.36. The number of benzene rings is 4. The summed E-state index contributed by atoms with van der Waals surface area (Å²) in [6, 6.07) is 21.9. The summed E-state index contributed by atoms with van der Waals surface area (Å²) >= 11 is 0. The van der Waals surface area contributed by atoms with E-state index in [1.165, 1.54) is 36.4 Å². The largest absolute Gasteiger partial charge is 0.478 e. The molecular formula is C32H24F4N2O3. The highest BCUT2D eigenvalue weighted by atomic mass is 19.4. The van der Waals surface area contributed by atoms with E-state index < -0.39 is 35.5 Å². The third-order valence-corrected chi connectivity index (χ3v) is 6.92. The Labute approximate surface area is 232 Å². The molecule has 0 fully saturated rings. The van der Waals surface area contributed by atoms with Gasteiger partial charge in [0.05, 0.1) is 28.2 Å². The highest BCUT2D eigenvalue weighted by Gasteiger charge is 2.30. The minimum Gasteiger partial charge on any atom is -0.478 e. The van der Waals surface area contributed by atoms with Gasteiger partial charge >= 0.3 is 12.1 Å². The Morgan fingerprint density at radius 1 is 0.878 bits per heavy atom. The molecule has 1 heterocycles. The zero-order valence-corrected chi connectivity index (χ0v) is 21.7. The summed E-state index contributed by atoms with van der Waals surface area (Å²) in [5.41, 5.74) is 3.01. The molecule has 0 bridgehead atoms. The van der Waals surface area contributed by atoms with Crippen LogP contribution in [0.4, 0.5) is 17.6 Å². The van der Waals surface area contributed by atoms with Crippen LogP contribution in [0.2, 0.25) is 0 Å². The van der Waals surface area contributed by atoms with Gasteiger partial charge in [0.2, 0.25) is 0 Å². The second kappa shape index (κ2) is 10.9. The monoisotopic (exact) mass is 560 g/mol. The molecule has 1 aromatic heterocycles. The van der Waals surface area contributed by atoms with Gasteiger partial charge in [-0.05, 0) is 83.8 Å². The summed E-state index contributed by atoms with van der Waals surface area (Å²) in [4.78, 5) is 24.9. The van der Waals surface area contributed by atoms with Gasteiger partial charge in [-0.1, -0.05) is 36.4 Å². The third-order valence-electron chi connectivity index (χ3n) is 6.92. The van der Waals surface area contributed by atoms with Crippen LogP contribution in [-0.2, 0) is 12.7 Å². The summed E-state index contributed by atoms with van der Waals surface area (Å²) in [5.74, 6) is -1.85. The van der Waals surface area contributed by atoms with E-state index in [0.717, 1.165) is 17.5 Å². The molecule has 0 aliphatic carbocycles. The van der Waals surface area contributed by atoms with Crippen molar-refractivity contribution in [3.63, 3.8) is 0 Å². The predicted octanol–water partition coefficient (Wildman–Crippen LogP) is 7.70. The van der Waals surface area contributed by atoms with Gasteiger partial charge < -0.3 is 15.0 Å². The second-order valence-electron chi connectivity index (χ2n) is 9.73. The van der Waals surface area contributed by atoms with Crippen molar-refractivity contribution in [1.82, 2.24) is 9.88 Å². The Balaban J connectivity index is 1.52. The summed E-state index contributed by atoms with van der Waals surface area (Å²) in [6.45, 7) is 2.00. The van der Waals surface area contributed by atoms with Crippen LogP contribution in [0.3, 0.4) is 0 Å². The summed E-state index contributed by atoms with van der Waals surface area (Å²) < 4.78 is 54.5. The van der Waals surface area contributed by atoms with Crippen LogP contribution in [0.5, 0.6) is 0 Å². The standard InChI is InChI=1S/C32H24F4N2O3/c1-19(21-4-6-23(7-5-21)31(40)41)37-30(39)28-17-25(22-8-12-27(33)13-9-22)16-24-14-15-38(29(24)28)18-20-2-10-26(11-3-20)32(34,35)36/h2-17,19H,18H2,1H3,(H,37,39)(H,40,41)/t19-/m1/s1. The van der Waals surface area contributed by atoms with Gasteiger partial charge in [0, 0.05) is 18.1 Å². The van der Waals surface area contributed by atoms with E-state index in [1.807, 2.05) is 12.1 Å². The number of fused-ring (bicyclic) bond motifs is 1. The van der Waals surface area contributed by atoms with E-state index in [0.29, 0.717) is 33.3 Å². The van der Waals surface area contributed by atoms with Gasteiger partial charge in [-0.3, -0.25) is 4.79 Å². The lowest BCUT2D eigenvalue weighted by Gasteiger charge is -2.17. The number of hydrogen-bond acceptors (Lipinski definition) is 2. The van der Waals surface area contributed by atoms with E-state index >= 15 is 0 Å². The van der Waals surface area contributed by atoms with Crippen LogP contribution < -0.4 is 5.32 Å². The average molecular weight is 561 g/mol. The highest BCUT2D eigenvalue weighted by Crippen LogP contribution is 2.32. The maximum atomic E-state index is 13.7. The number of carbonyl (C=O) groups excluding carboxylic acids is 1. The number of aromatic carboxylic acids is 1. The number of carboxylic acids is 1. The molecule has 41 heavy (non-hydrogen) atoms. The number of halogens is 4. The third kappa shape index (κ3) is 5.99. The summed E-state index contributed by atoms with van der Waals surface area (Å²) in [5, 5.41) is 12.8. The smallest absolute Gasteiger partial charge is 0.416 e. The zero-order chi connectivity index (χ0) is 29.3. The molecule has 0 aliphatic heterocycles. The first-order valence-electron chi connectivity index (χ1n) is 12.7. The first-order valence-corrected chi connectivity index (χ1v) is 12.7. The van der Waals surface area contributed by atoms with Gasteiger partial charge in [0.15, 0.2) is 0 Å². The predicted molar refractivity (Wildman–Crippen MR) is 147 cm³/mol. The number of hydrogen-bond donors (Lipinski definition) is 2. The topological polar surface area (TPSA) is 71.3 Å². The molecule has 2 N–H and O–H groups in total. The molecule has 5 aromatic rings.